The Hall–Kier alpha value is -2.23. The quantitative estimate of drug-likeness (QED) is 0.912. The molecule has 1 amide bonds. The molecule has 4 nitrogen and oxygen atoms in total. The molecule has 1 unspecified atom stereocenters. The summed E-state index contributed by atoms with van der Waals surface area (Å²) in [7, 11) is 0. The van der Waals surface area contributed by atoms with Crippen molar-refractivity contribution in [2.24, 2.45) is 0 Å². The molecule has 1 aromatic heterocycles. The minimum absolute atomic E-state index is 0.0527. The number of carbonyl (C=O) groups excluding carboxylic acids is 1. The van der Waals surface area contributed by atoms with E-state index in [4.69, 9.17) is 4.42 Å². The maximum absolute atomic E-state index is 12.6. The summed E-state index contributed by atoms with van der Waals surface area (Å²) in [6.07, 6.45) is 3.47. The maximum atomic E-state index is 12.6. The van der Waals surface area contributed by atoms with E-state index in [9.17, 15) is 9.90 Å². The van der Waals surface area contributed by atoms with E-state index in [0.717, 1.165) is 30.5 Å². The van der Waals surface area contributed by atoms with Crippen LogP contribution >= 0.6 is 0 Å². The molecule has 1 aliphatic heterocycles. The minimum atomic E-state index is -0.0527. The van der Waals surface area contributed by atoms with Crippen molar-refractivity contribution < 1.29 is 14.3 Å². The summed E-state index contributed by atoms with van der Waals surface area (Å²) < 4.78 is 5.31. The number of hydrogen-bond acceptors (Lipinski definition) is 3. The van der Waals surface area contributed by atoms with Gasteiger partial charge in [-0.05, 0) is 43.5 Å². The molecule has 1 atom stereocenters. The van der Waals surface area contributed by atoms with Gasteiger partial charge in [-0.3, -0.25) is 4.79 Å². The monoisotopic (exact) mass is 271 g/mol. The number of nitrogens with zero attached hydrogens (tertiary/aromatic N) is 1. The van der Waals surface area contributed by atoms with E-state index in [-0.39, 0.29) is 17.7 Å². The number of aryl methyl sites for hydroxylation is 1. The number of amides is 1. The third-order valence-corrected chi connectivity index (χ3v) is 3.85. The summed E-state index contributed by atoms with van der Waals surface area (Å²) in [6.45, 7) is 2.62. The number of hydrogen-bond donors (Lipinski definition) is 1. The Kier molecular flexibility index (Phi) is 3.22. The van der Waals surface area contributed by atoms with Crippen LogP contribution in [0, 0.1) is 6.92 Å². The van der Waals surface area contributed by atoms with E-state index in [0.29, 0.717) is 5.76 Å². The summed E-state index contributed by atoms with van der Waals surface area (Å²) in [5.41, 5.74) is 1.92. The normalized spacial score (nSPS) is 18.4. The number of aromatic hydroxyl groups is 1. The van der Waals surface area contributed by atoms with Gasteiger partial charge in [-0.2, -0.15) is 0 Å². The average Bonchev–Trinajstić information content (AvgIpc) is 3.07. The molecule has 1 fully saturated rings. The standard InChI is InChI=1S/C16H17NO3/c1-11-8-10-20-15(11)16(19)17-9-2-3-14(17)12-4-6-13(18)7-5-12/h4-8,10,14,18H,2-3,9H2,1H3. The summed E-state index contributed by atoms with van der Waals surface area (Å²) >= 11 is 0. The van der Waals surface area contributed by atoms with Gasteiger partial charge in [0, 0.05) is 12.1 Å². The SMILES string of the molecule is Cc1ccoc1C(=O)N1CCCC1c1ccc(O)cc1. The third kappa shape index (κ3) is 2.18. The average molecular weight is 271 g/mol. The molecular weight excluding hydrogens is 254 g/mol. The maximum Gasteiger partial charge on any atom is 0.290 e. The smallest absolute Gasteiger partial charge is 0.290 e. The van der Waals surface area contributed by atoms with Gasteiger partial charge in [0.05, 0.1) is 12.3 Å². The Morgan fingerprint density at radius 3 is 2.70 bits per heavy atom. The molecule has 4 heteroatoms. The summed E-state index contributed by atoms with van der Waals surface area (Å²) in [4.78, 5) is 14.4. The van der Waals surface area contributed by atoms with E-state index in [2.05, 4.69) is 0 Å². The Morgan fingerprint density at radius 2 is 2.05 bits per heavy atom. The molecule has 1 saturated heterocycles. The lowest BCUT2D eigenvalue weighted by molar-refractivity contribution is 0.0702. The van der Waals surface area contributed by atoms with Crippen LogP contribution in [0.15, 0.2) is 41.0 Å². The van der Waals surface area contributed by atoms with Gasteiger partial charge in [0.1, 0.15) is 5.75 Å². The van der Waals surface area contributed by atoms with Gasteiger partial charge in [0.2, 0.25) is 0 Å². The van der Waals surface area contributed by atoms with Crippen LogP contribution in [-0.2, 0) is 0 Å². The molecule has 1 aromatic carbocycles. The lowest BCUT2D eigenvalue weighted by atomic mass is 10.0. The van der Waals surface area contributed by atoms with Crippen molar-refractivity contribution in [1.82, 2.24) is 4.90 Å². The molecule has 1 N–H and O–H groups in total. The fraction of sp³-hybridized carbons (Fsp3) is 0.312. The van der Waals surface area contributed by atoms with Crippen molar-refractivity contribution in [1.29, 1.82) is 0 Å². The zero-order valence-electron chi connectivity index (χ0n) is 11.4. The van der Waals surface area contributed by atoms with E-state index < -0.39 is 0 Å². The van der Waals surface area contributed by atoms with Gasteiger partial charge in [0.25, 0.3) is 5.91 Å². The molecule has 3 rings (SSSR count). The van der Waals surface area contributed by atoms with Gasteiger partial charge in [-0.1, -0.05) is 12.1 Å². The van der Waals surface area contributed by atoms with Gasteiger partial charge < -0.3 is 14.4 Å². The molecule has 20 heavy (non-hydrogen) atoms. The van der Waals surface area contributed by atoms with E-state index >= 15 is 0 Å². The zero-order valence-corrected chi connectivity index (χ0v) is 11.4. The second kappa shape index (κ2) is 5.04. The minimum Gasteiger partial charge on any atom is -0.508 e. The van der Waals surface area contributed by atoms with Crippen LogP contribution in [0.5, 0.6) is 5.75 Å². The molecule has 0 bridgehead atoms. The van der Waals surface area contributed by atoms with Crippen molar-refractivity contribution in [3.05, 3.63) is 53.5 Å². The first kappa shape index (κ1) is 12.8. The van der Waals surface area contributed by atoms with E-state index in [1.807, 2.05) is 24.0 Å². The summed E-state index contributed by atoms with van der Waals surface area (Å²) in [5, 5.41) is 9.37. The number of phenols is 1. The first-order valence-electron chi connectivity index (χ1n) is 6.81. The van der Waals surface area contributed by atoms with Gasteiger partial charge >= 0.3 is 0 Å². The largest absolute Gasteiger partial charge is 0.508 e. The Balaban J connectivity index is 1.87. The zero-order chi connectivity index (χ0) is 14.1. The Labute approximate surface area is 117 Å². The molecule has 1 aliphatic rings. The first-order valence-corrected chi connectivity index (χ1v) is 6.81. The van der Waals surface area contributed by atoms with Gasteiger partial charge in [0.15, 0.2) is 5.76 Å². The Bertz CT molecular complexity index is 615. The van der Waals surface area contributed by atoms with Crippen LogP contribution in [0.25, 0.3) is 0 Å². The highest BCUT2D eigenvalue weighted by atomic mass is 16.3. The molecular formula is C16H17NO3. The number of likely N-dealkylation sites (tertiary alicyclic amines) is 1. The third-order valence-electron chi connectivity index (χ3n) is 3.85. The van der Waals surface area contributed by atoms with Crippen molar-refractivity contribution in [3.8, 4) is 5.75 Å². The van der Waals surface area contributed by atoms with Crippen LogP contribution in [0.3, 0.4) is 0 Å². The molecule has 0 spiro atoms. The molecule has 2 heterocycles. The first-order chi connectivity index (χ1) is 9.66. The van der Waals surface area contributed by atoms with Gasteiger partial charge in [-0.25, -0.2) is 0 Å². The van der Waals surface area contributed by atoms with Crippen molar-refractivity contribution in [2.45, 2.75) is 25.8 Å². The second-order valence-corrected chi connectivity index (χ2v) is 5.18. The highest BCUT2D eigenvalue weighted by molar-refractivity contribution is 5.93. The van der Waals surface area contributed by atoms with Crippen LogP contribution < -0.4 is 0 Å². The summed E-state index contributed by atoms with van der Waals surface area (Å²) in [6, 6.07) is 8.94. The predicted octanol–water partition coefficient (Wildman–Crippen LogP) is 3.27. The van der Waals surface area contributed by atoms with E-state index in [1.54, 1.807) is 24.5 Å². The van der Waals surface area contributed by atoms with Crippen molar-refractivity contribution in [3.63, 3.8) is 0 Å². The number of rotatable bonds is 2. The topological polar surface area (TPSA) is 53.7 Å². The molecule has 0 aliphatic carbocycles. The summed E-state index contributed by atoms with van der Waals surface area (Å²) in [5.74, 6) is 0.616. The second-order valence-electron chi connectivity index (χ2n) is 5.18. The number of phenolic OH excluding ortho intramolecular Hbond substituents is 1. The fourth-order valence-electron chi connectivity index (χ4n) is 2.78. The molecule has 0 radical (unpaired) electrons. The highest BCUT2D eigenvalue weighted by Crippen LogP contribution is 2.34. The number of carbonyl (C=O) groups is 1. The lowest BCUT2D eigenvalue weighted by Crippen LogP contribution is -2.30. The number of furan rings is 1. The van der Waals surface area contributed by atoms with Crippen LogP contribution in [-0.4, -0.2) is 22.5 Å². The van der Waals surface area contributed by atoms with Crippen LogP contribution in [0.4, 0.5) is 0 Å². The Morgan fingerprint density at radius 1 is 1.30 bits per heavy atom. The van der Waals surface area contributed by atoms with E-state index in [1.165, 1.54) is 0 Å². The lowest BCUT2D eigenvalue weighted by Gasteiger charge is -2.24. The van der Waals surface area contributed by atoms with Crippen molar-refractivity contribution >= 4 is 5.91 Å². The van der Waals surface area contributed by atoms with Gasteiger partial charge in [-0.15, -0.1) is 0 Å². The van der Waals surface area contributed by atoms with Crippen LogP contribution in [0.1, 0.15) is 40.6 Å². The fourth-order valence-corrected chi connectivity index (χ4v) is 2.78. The van der Waals surface area contributed by atoms with Crippen LogP contribution in [0.2, 0.25) is 0 Å². The molecule has 104 valence electrons. The number of benzene rings is 1. The highest BCUT2D eigenvalue weighted by Gasteiger charge is 2.32. The predicted molar refractivity (Wildman–Crippen MR) is 74.6 cm³/mol. The molecule has 0 saturated carbocycles. The molecule has 2 aromatic rings. The van der Waals surface area contributed by atoms with Crippen molar-refractivity contribution in [2.75, 3.05) is 6.54 Å².